The summed E-state index contributed by atoms with van der Waals surface area (Å²) in [5, 5.41) is 0. The number of piperazine rings is 1. The quantitative estimate of drug-likeness (QED) is 0.791. The van der Waals surface area contributed by atoms with Gasteiger partial charge in [-0.3, -0.25) is 4.72 Å². The van der Waals surface area contributed by atoms with Gasteiger partial charge in [0.25, 0.3) is 10.0 Å². The summed E-state index contributed by atoms with van der Waals surface area (Å²) < 4.78 is 72.7. The van der Waals surface area contributed by atoms with Gasteiger partial charge >= 0.3 is 6.18 Å². The molecule has 1 aliphatic rings. The molecule has 3 rings (SSSR count). The van der Waals surface area contributed by atoms with Gasteiger partial charge in [-0.1, -0.05) is 12.1 Å². The number of halogens is 3. The van der Waals surface area contributed by atoms with Crippen molar-refractivity contribution in [1.29, 1.82) is 0 Å². The Morgan fingerprint density at radius 3 is 2.31 bits per heavy atom. The lowest BCUT2D eigenvalue weighted by Crippen LogP contribution is -2.44. The number of nitrogens with zero attached hydrogens (tertiary/aromatic N) is 2. The minimum absolute atomic E-state index is 0.135. The molecule has 2 aromatic carbocycles. The summed E-state index contributed by atoms with van der Waals surface area (Å²) in [5.41, 5.74) is -0.971. The minimum Gasteiger partial charge on any atom is -0.495 e. The average Bonchev–Trinajstić information content (AvgIpc) is 2.67. The first kappa shape index (κ1) is 21.3. The Balaban J connectivity index is 1.95. The number of alkyl halides is 3. The fraction of sp³-hybridized carbons (Fsp3) is 0.368. The normalized spacial score (nSPS) is 16.0. The highest BCUT2D eigenvalue weighted by Crippen LogP contribution is 2.36. The van der Waals surface area contributed by atoms with Gasteiger partial charge in [-0.2, -0.15) is 13.2 Å². The molecule has 0 amide bonds. The average molecular weight is 429 g/mol. The molecule has 1 heterocycles. The molecule has 2 aromatic rings. The third-order valence-electron chi connectivity index (χ3n) is 4.78. The number of sulfonamides is 1. The van der Waals surface area contributed by atoms with Crippen molar-refractivity contribution in [2.45, 2.75) is 11.1 Å². The summed E-state index contributed by atoms with van der Waals surface area (Å²) in [6, 6.07) is 8.74. The van der Waals surface area contributed by atoms with Crippen LogP contribution in [0.25, 0.3) is 0 Å². The van der Waals surface area contributed by atoms with Crippen LogP contribution in [0.5, 0.6) is 5.75 Å². The van der Waals surface area contributed by atoms with Crippen LogP contribution in [0, 0.1) is 0 Å². The lowest BCUT2D eigenvalue weighted by molar-refractivity contribution is -0.136. The van der Waals surface area contributed by atoms with Crippen LogP contribution in [-0.2, 0) is 16.2 Å². The van der Waals surface area contributed by atoms with Gasteiger partial charge in [0.05, 0.1) is 28.9 Å². The topological polar surface area (TPSA) is 61.9 Å². The highest BCUT2D eigenvalue weighted by atomic mass is 32.2. The fourth-order valence-electron chi connectivity index (χ4n) is 3.15. The van der Waals surface area contributed by atoms with Crippen molar-refractivity contribution >= 4 is 21.4 Å². The number of likely N-dealkylation sites (N-methyl/N-ethyl adjacent to an activating group) is 1. The molecule has 10 heteroatoms. The number of ether oxygens (including phenoxy) is 1. The van der Waals surface area contributed by atoms with Crippen molar-refractivity contribution in [1.82, 2.24) is 4.90 Å². The van der Waals surface area contributed by atoms with E-state index in [9.17, 15) is 21.6 Å². The molecule has 0 aromatic heterocycles. The number of anilines is 2. The molecule has 1 fully saturated rings. The molecule has 1 aliphatic heterocycles. The molecular formula is C19H22F3N3O3S. The second-order valence-electron chi connectivity index (χ2n) is 6.77. The highest BCUT2D eigenvalue weighted by Gasteiger charge is 2.34. The number of benzene rings is 2. The zero-order valence-corrected chi connectivity index (χ0v) is 16.8. The van der Waals surface area contributed by atoms with Gasteiger partial charge in [0.2, 0.25) is 0 Å². The number of nitrogens with one attached hydrogen (secondary N) is 1. The molecule has 158 valence electrons. The molecule has 0 atom stereocenters. The number of para-hydroxylation sites is 1. The first-order chi connectivity index (χ1) is 13.6. The maximum Gasteiger partial charge on any atom is 0.418 e. The smallest absolute Gasteiger partial charge is 0.418 e. The Morgan fingerprint density at radius 2 is 1.69 bits per heavy atom. The second kappa shape index (κ2) is 8.11. The van der Waals surface area contributed by atoms with E-state index in [1.165, 1.54) is 37.4 Å². The molecule has 0 saturated carbocycles. The van der Waals surface area contributed by atoms with E-state index in [-0.39, 0.29) is 4.90 Å². The van der Waals surface area contributed by atoms with E-state index in [0.717, 1.165) is 25.2 Å². The van der Waals surface area contributed by atoms with Gasteiger partial charge in [-0.15, -0.1) is 0 Å². The van der Waals surface area contributed by atoms with Crippen LogP contribution in [0.15, 0.2) is 47.4 Å². The van der Waals surface area contributed by atoms with Gasteiger partial charge < -0.3 is 14.5 Å². The zero-order valence-electron chi connectivity index (χ0n) is 16.0. The molecular weight excluding hydrogens is 407 g/mol. The molecule has 1 N–H and O–H groups in total. The number of hydrogen-bond acceptors (Lipinski definition) is 5. The van der Waals surface area contributed by atoms with E-state index in [0.29, 0.717) is 24.5 Å². The van der Waals surface area contributed by atoms with Crippen molar-refractivity contribution in [2.24, 2.45) is 0 Å². The van der Waals surface area contributed by atoms with Gasteiger partial charge in [0.15, 0.2) is 0 Å². The Hall–Kier alpha value is -2.46. The Morgan fingerprint density at radius 1 is 1.03 bits per heavy atom. The van der Waals surface area contributed by atoms with Crippen LogP contribution in [0.1, 0.15) is 5.56 Å². The molecule has 1 saturated heterocycles. The monoisotopic (exact) mass is 429 g/mol. The highest BCUT2D eigenvalue weighted by molar-refractivity contribution is 7.92. The maximum atomic E-state index is 13.2. The fourth-order valence-corrected chi connectivity index (χ4v) is 4.25. The standard InChI is InChI=1S/C19H22F3N3O3S/c1-24-9-11-25(12-10-24)17-13-14(7-8-18(17)28-2)29(26,27)23-16-6-4-3-5-15(16)19(20,21)22/h3-8,13,23H,9-12H2,1-2H3. The van der Waals surface area contributed by atoms with E-state index in [1.54, 1.807) is 0 Å². The summed E-state index contributed by atoms with van der Waals surface area (Å²) in [4.78, 5) is 4.02. The number of rotatable bonds is 5. The summed E-state index contributed by atoms with van der Waals surface area (Å²) in [7, 11) is -0.751. The van der Waals surface area contributed by atoms with Crippen molar-refractivity contribution in [3.05, 3.63) is 48.0 Å². The number of hydrogen-bond donors (Lipinski definition) is 1. The van der Waals surface area contributed by atoms with Crippen LogP contribution in [0.3, 0.4) is 0 Å². The second-order valence-corrected chi connectivity index (χ2v) is 8.46. The van der Waals surface area contributed by atoms with E-state index in [4.69, 9.17) is 4.74 Å². The molecule has 6 nitrogen and oxygen atoms in total. The van der Waals surface area contributed by atoms with E-state index in [2.05, 4.69) is 9.62 Å². The van der Waals surface area contributed by atoms with E-state index < -0.39 is 27.5 Å². The number of methoxy groups -OCH3 is 1. The molecule has 0 bridgehead atoms. The van der Waals surface area contributed by atoms with Crippen molar-refractivity contribution < 1.29 is 26.3 Å². The van der Waals surface area contributed by atoms with Crippen LogP contribution >= 0.6 is 0 Å². The van der Waals surface area contributed by atoms with E-state index >= 15 is 0 Å². The lowest BCUT2D eigenvalue weighted by atomic mass is 10.2. The van der Waals surface area contributed by atoms with Crippen molar-refractivity contribution in [3.8, 4) is 5.75 Å². The van der Waals surface area contributed by atoms with Crippen LogP contribution in [0.4, 0.5) is 24.5 Å². The third kappa shape index (κ3) is 4.76. The third-order valence-corrected chi connectivity index (χ3v) is 6.14. The maximum absolute atomic E-state index is 13.2. The summed E-state index contributed by atoms with van der Waals surface area (Å²) >= 11 is 0. The predicted octanol–water partition coefficient (Wildman–Crippen LogP) is 3.27. The Kier molecular flexibility index (Phi) is 5.95. The summed E-state index contributed by atoms with van der Waals surface area (Å²) in [6.45, 7) is 2.97. The van der Waals surface area contributed by atoms with Crippen molar-refractivity contribution in [3.63, 3.8) is 0 Å². The van der Waals surface area contributed by atoms with Gasteiger partial charge in [0.1, 0.15) is 5.75 Å². The van der Waals surface area contributed by atoms with Crippen molar-refractivity contribution in [2.75, 3.05) is 50.0 Å². The molecule has 0 unspecified atom stereocenters. The summed E-state index contributed by atoms with van der Waals surface area (Å²) in [6.07, 6.45) is -4.68. The van der Waals surface area contributed by atoms with E-state index in [1.807, 2.05) is 11.9 Å². The van der Waals surface area contributed by atoms with Gasteiger partial charge in [-0.25, -0.2) is 8.42 Å². The van der Waals surface area contributed by atoms with Gasteiger partial charge in [0, 0.05) is 26.2 Å². The molecule has 0 radical (unpaired) electrons. The largest absolute Gasteiger partial charge is 0.495 e. The van der Waals surface area contributed by atoms with Crippen LogP contribution in [0.2, 0.25) is 0 Å². The zero-order chi connectivity index (χ0) is 21.2. The lowest BCUT2D eigenvalue weighted by Gasteiger charge is -2.34. The Labute approximate surface area is 167 Å². The first-order valence-corrected chi connectivity index (χ1v) is 10.4. The SMILES string of the molecule is COc1ccc(S(=O)(=O)Nc2ccccc2C(F)(F)F)cc1N1CCN(C)CC1. The van der Waals surface area contributed by atoms with Crippen LogP contribution < -0.4 is 14.4 Å². The first-order valence-electron chi connectivity index (χ1n) is 8.92. The summed E-state index contributed by atoms with van der Waals surface area (Å²) in [5.74, 6) is 0.504. The molecule has 0 spiro atoms. The van der Waals surface area contributed by atoms with Gasteiger partial charge in [-0.05, 0) is 37.4 Å². The van der Waals surface area contributed by atoms with Crippen LogP contribution in [-0.4, -0.2) is 53.7 Å². The molecule has 0 aliphatic carbocycles. The predicted molar refractivity (Wildman–Crippen MR) is 105 cm³/mol. The minimum atomic E-state index is -4.68. The molecule has 29 heavy (non-hydrogen) atoms. The Bertz CT molecular complexity index is 972.